The summed E-state index contributed by atoms with van der Waals surface area (Å²) in [6.45, 7) is 13.4. The maximum atomic E-state index is 5.93. The molecule has 0 amide bonds. The van der Waals surface area contributed by atoms with E-state index in [1.165, 1.54) is 25.1 Å². The molecule has 0 saturated carbocycles. The first-order chi connectivity index (χ1) is 12.7. The first kappa shape index (κ1) is 20.7. The smallest absolute Gasteiger partial charge is 0.191 e. The zero-order valence-electron chi connectivity index (χ0n) is 16.7. The Morgan fingerprint density at radius 1 is 1.27 bits per heavy atom. The Morgan fingerprint density at radius 2 is 2.08 bits per heavy atom. The maximum Gasteiger partial charge on any atom is 0.191 e. The molecule has 26 heavy (non-hydrogen) atoms. The highest BCUT2D eigenvalue weighted by Gasteiger charge is 2.20. The first-order valence-corrected chi connectivity index (χ1v) is 10.1. The molecule has 1 aromatic rings. The molecule has 0 bridgehead atoms. The van der Waals surface area contributed by atoms with Crippen LogP contribution in [0.3, 0.4) is 0 Å². The molecule has 1 aliphatic heterocycles. The number of hydrogen-bond acceptors (Lipinski definition) is 3. The fraction of sp³-hybridized carbons (Fsp3) is 0.667. The van der Waals surface area contributed by atoms with E-state index in [0.717, 1.165) is 45.2 Å². The largest absolute Gasteiger partial charge is 0.374 e. The van der Waals surface area contributed by atoms with E-state index < -0.39 is 0 Å². The molecule has 5 nitrogen and oxygen atoms in total. The standard InChI is InChI=1S/C21H36N4O/c1-4-22-21(24-16-19-12-14-25(5-2)17-19)23-13-9-15-26-18(3)20-10-7-6-8-11-20/h6-8,10-11,18-19H,4-5,9,12-17H2,1-3H3,(H2,22,23,24). The molecule has 1 aliphatic rings. The summed E-state index contributed by atoms with van der Waals surface area (Å²) in [6.07, 6.45) is 2.37. The van der Waals surface area contributed by atoms with Gasteiger partial charge >= 0.3 is 0 Å². The molecule has 2 unspecified atom stereocenters. The van der Waals surface area contributed by atoms with Crippen LogP contribution >= 0.6 is 0 Å². The van der Waals surface area contributed by atoms with Crippen molar-refractivity contribution in [2.75, 3.05) is 45.9 Å². The molecule has 2 atom stereocenters. The van der Waals surface area contributed by atoms with Crippen molar-refractivity contribution < 1.29 is 4.74 Å². The van der Waals surface area contributed by atoms with Gasteiger partial charge in [0.25, 0.3) is 0 Å². The van der Waals surface area contributed by atoms with E-state index in [0.29, 0.717) is 5.92 Å². The molecule has 2 N–H and O–H groups in total. The number of benzene rings is 1. The Bertz CT molecular complexity index is 520. The summed E-state index contributed by atoms with van der Waals surface area (Å²) in [5.74, 6) is 1.62. The molecule has 2 rings (SSSR count). The van der Waals surface area contributed by atoms with Gasteiger partial charge in [-0.3, -0.25) is 4.99 Å². The summed E-state index contributed by atoms with van der Waals surface area (Å²) in [5, 5.41) is 6.77. The number of guanidine groups is 1. The average Bonchev–Trinajstić information content (AvgIpc) is 3.14. The molecule has 5 heteroatoms. The van der Waals surface area contributed by atoms with Crippen molar-refractivity contribution in [1.82, 2.24) is 15.5 Å². The Morgan fingerprint density at radius 3 is 2.77 bits per heavy atom. The topological polar surface area (TPSA) is 48.9 Å². The molecule has 0 spiro atoms. The van der Waals surface area contributed by atoms with Crippen molar-refractivity contribution in [2.24, 2.45) is 10.9 Å². The minimum atomic E-state index is 0.141. The van der Waals surface area contributed by atoms with Crippen LogP contribution in [0.1, 0.15) is 45.3 Å². The molecule has 0 aromatic heterocycles. The van der Waals surface area contributed by atoms with Crippen LogP contribution in [0.4, 0.5) is 0 Å². The van der Waals surface area contributed by atoms with Gasteiger partial charge in [0.15, 0.2) is 5.96 Å². The van der Waals surface area contributed by atoms with E-state index in [2.05, 4.69) is 60.6 Å². The Kier molecular flexibility index (Phi) is 9.50. The second-order valence-electron chi connectivity index (χ2n) is 6.97. The van der Waals surface area contributed by atoms with Crippen LogP contribution in [0.25, 0.3) is 0 Å². The van der Waals surface area contributed by atoms with Gasteiger partial charge in [-0.1, -0.05) is 37.3 Å². The third kappa shape index (κ3) is 7.34. The predicted molar refractivity (Wildman–Crippen MR) is 110 cm³/mol. The highest BCUT2D eigenvalue weighted by molar-refractivity contribution is 5.79. The van der Waals surface area contributed by atoms with Gasteiger partial charge in [0.1, 0.15) is 0 Å². The molecular weight excluding hydrogens is 324 g/mol. The Labute approximate surface area is 159 Å². The van der Waals surface area contributed by atoms with Crippen molar-refractivity contribution in [2.45, 2.75) is 39.7 Å². The number of ether oxygens (including phenoxy) is 1. The highest BCUT2D eigenvalue weighted by Crippen LogP contribution is 2.16. The van der Waals surface area contributed by atoms with Gasteiger partial charge < -0.3 is 20.3 Å². The van der Waals surface area contributed by atoms with Gasteiger partial charge in [0.2, 0.25) is 0 Å². The van der Waals surface area contributed by atoms with Crippen molar-refractivity contribution in [1.29, 1.82) is 0 Å². The zero-order chi connectivity index (χ0) is 18.6. The third-order valence-electron chi connectivity index (χ3n) is 4.92. The summed E-state index contributed by atoms with van der Waals surface area (Å²) >= 11 is 0. The third-order valence-corrected chi connectivity index (χ3v) is 4.92. The minimum absolute atomic E-state index is 0.141. The van der Waals surface area contributed by atoms with Gasteiger partial charge in [-0.2, -0.15) is 0 Å². The number of rotatable bonds is 10. The first-order valence-electron chi connectivity index (χ1n) is 10.1. The number of aliphatic imine (C=N–C) groups is 1. The number of likely N-dealkylation sites (tertiary alicyclic amines) is 1. The van der Waals surface area contributed by atoms with E-state index in [9.17, 15) is 0 Å². The lowest BCUT2D eigenvalue weighted by Crippen LogP contribution is -2.38. The average molecular weight is 361 g/mol. The predicted octanol–water partition coefficient (Wildman–Crippen LogP) is 3.05. The maximum absolute atomic E-state index is 5.93. The van der Waals surface area contributed by atoms with Gasteiger partial charge in [0.05, 0.1) is 6.10 Å². The lowest BCUT2D eigenvalue weighted by molar-refractivity contribution is 0.0646. The number of nitrogens with one attached hydrogen (secondary N) is 2. The van der Waals surface area contributed by atoms with E-state index >= 15 is 0 Å². The highest BCUT2D eigenvalue weighted by atomic mass is 16.5. The SMILES string of the molecule is CCNC(=NCC1CCN(CC)C1)NCCCOC(C)c1ccccc1. The van der Waals surface area contributed by atoms with Crippen molar-refractivity contribution in [3.05, 3.63) is 35.9 Å². The molecule has 1 aromatic carbocycles. The van der Waals surface area contributed by atoms with Gasteiger partial charge in [-0.25, -0.2) is 0 Å². The fourth-order valence-electron chi connectivity index (χ4n) is 3.27. The molecule has 1 heterocycles. The van der Waals surface area contributed by atoms with E-state index in [-0.39, 0.29) is 6.10 Å². The van der Waals surface area contributed by atoms with Crippen LogP contribution < -0.4 is 10.6 Å². The Hall–Kier alpha value is -1.59. The fourth-order valence-corrected chi connectivity index (χ4v) is 3.27. The van der Waals surface area contributed by atoms with Crippen LogP contribution in [0, 0.1) is 5.92 Å². The van der Waals surface area contributed by atoms with Gasteiger partial charge in [-0.15, -0.1) is 0 Å². The van der Waals surface area contributed by atoms with E-state index in [4.69, 9.17) is 9.73 Å². The normalized spacial score (nSPS) is 19.5. The van der Waals surface area contributed by atoms with Crippen molar-refractivity contribution in [3.63, 3.8) is 0 Å². The second kappa shape index (κ2) is 11.9. The quantitative estimate of drug-likeness (QED) is 0.382. The Balaban J connectivity index is 1.64. The molecule has 1 fully saturated rings. The molecule has 146 valence electrons. The summed E-state index contributed by atoms with van der Waals surface area (Å²) in [4.78, 5) is 7.28. The van der Waals surface area contributed by atoms with E-state index in [1.54, 1.807) is 0 Å². The summed E-state index contributed by atoms with van der Waals surface area (Å²) in [5.41, 5.74) is 1.23. The van der Waals surface area contributed by atoms with Crippen LogP contribution in [0.5, 0.6) is 0 Å². The van der Waals surface area contributed by atoms with Crippen LogP contribution in [0.15, 0.2) is 35.3 Å². The summed E-state index contributed by atoms with van der Waals surface area (Å²) in [7, 11) is 0. The minimum Gasteiger partial charge on any atom is -0.374 e. The molecule has 0 aliphatic carbocycles. The number of nitrogens with zero attached hydrogens (tertiary/aromatic N) is 2. The summed E-state index contributed by atoms with van der Waals surface area (Å²) < 4.78 is 5.93. The van der Waals surface area contributed by atoms with Gasteiger partial charge in [-0.05, 0) is 51.3 Å². The number of hydrogen-bond donors (Lipinski definition) is 2. The zero-order valence-corrected chi connectivity index (χ0v) is 16.7. The molecular formula is C21H36N4O. The lowest BCUT2D eigenvalue weighted by Gasteiger charge is -2.15. The second-order valence-corrected chi connectivity index (χ2v) is 6.97. The van der Waals surface area contributed by atoms with Crippen LogP contribution in [-0.2, 0) is 4.74 Å². The van der Waals surface area contributed by atoms with Crippen molar-refractivity contribution in [3.8, 4) is 0 Å². The summed E-state index contributed by atoms with van der Waals surface area (Å²) in [6, 6.07) is 10.4. The lowest BCUT2D eigenvalue weighted by atomic mass is 10.1. The van der Waals surface area contributed by atoms with Gasteiger partial charge in [0, 0.05) is 32.8 Å². The van der Waals surface area contributed by atoms with E-state index in [1.807, 2.05) is 6.07 Å². The van der Waals surface area contributed by atoms with Crippen molar-refractivity contribution >= 4 is 5.96 Å². The van der Waals surface area contributed by atoms with Crippen LogP contribution in [-0.4, -0.2) is 56.7 Å². The monoisotopic (exact) mass is 360 g/mol. The van der Waals surface area contributed by atoms with Crippen LogP contribution in [0.2, 0.25) is 0 Å². The molecule has 0 radical (unpaired) electrons. The molecule has 1 saturated heterocycles.